The van der Waals surface area contributed by atoms with Crippen molar-refractivity contribution in [1.82, 2.24) is 0 Å². The van der Waals surface area contributed by atoms with Gasteiger partial charge in [0.1, 0.15) is 0 Å². The highest BCUT2D eigenvalue weighted by atomic mass is 16.3. The average Bonchev–Trinajstić information content (AvgIpc) is 1.61. The molecule has 0 spiro atoms. The first-order chi connectivity index (χ1) is 3.72. The van der Waals surface area contributed by atoms with Gasteiger partial charge in [-0.15, -0.1) is 0 Å². The number of rotatable bonds is 1. The van der Waals surface area contributed by atoms with Gasteiger partial charge in [0.15, 0.2) is 0 Å². The van der Waals surface area contributed by atoms with E-state index in [2.05, 4.69) is 6.58 Å². The summed E-state index contributed by atoms with van der Waals surface area (Å²) in [7, 11) is 0. The van der Waals surface area contributed by atoms with Crippen molar-refractivity contribution >= 4 is 0 Å². The van der Waals surface area contributed by atoms with E-state index in [1.165, 1.54) is 0 Å². The third kappa shape index (κ3) is 0.781. The Bertz CT molecular complexity index is 107. The van der Waals surface area contributed by atoms with Gasteiger partial charge in [0.2, 0.25) is 0 Å². The van der Waals surface area contributed by atoms with Crippen LogP contribution in [0.25, 0.3) is 0 Å². The van der Waals surface area contributed by atoms with Crippen molar-refractivity contribution in [2.75, 3.05) is 0 Å². The molecule has 0 aromatic carbocycles. The van der Waals surface area contributed by atoms with Crippen LogP contribution in [-0.2, 0) is 0 Å². The van der Waals surface area contributed by atoms with Gasteiger partial charge in [-0.2, -0.15) is 0 Å². The maximum absolute atomic E-state index is 9.02. The second-order valence-corrected chi connectivity index (χ2v) is 2.60. The zero-order chi connectivity index (χ0) is 6.15. The summed E-state index contributed by atoms with van der Waals surface area (Å²) in [6, 6.07) is 0. The van der Waals surface area contributed by atoms with Gasteiger partial charge in [0.25, 0.3) is 0 Å². The number of aliphatic hydroxyl groups excluding tert-OH is 1. The van der Waals surface area contributed by atoms with Crippen molar-refractivity contribution < 1.29 is 5.11 Å². The molecule has 0 aromatic rings. The molecule has 0 bridgehead atoms. The van der Waals surface area contributed by atoms with Crippen LogP contribution in [0.4, 0.5) is 0 Å². The van der Waals surface area contributed by atoms with Crippen molar-refractivity contribution in [3.8, 4) is 0 Å². The van der Waals surface area contributed by atoms with E-state index >= 15 is 0 Å². The van der Waals surface area contributed by atoms with E-state index in [9.17, 15) is 0 Å². The maximum Gasteiger partial charge on any atom is 0.0605 e. The highest BCUT2D eigenvalue weighted by Crippen LogP contribution is 2.32. The third-order valence-corrected chi connectivity index (χ3v) is 1.87. The maximum atomic E-state index is 9.02. The Morgan fingerprint density at radius 1 is 1.62 bits per heavy atom. The van der Waals surface area contributed by atoms with Crippen LogP contribution in [0.3, 0.4) is 0 Å². The van der Waals surface area contributed by atoms with Crippen LogP contribution in [0.5, 0.6) is 0 Å². The minimum atomic E-state index is -0.0764. The molecule has 0 heterocycles. The lowest BCUT2D eigenvalue weighted by Crippen LogP contribution is -2.31. The lowest BCUT2D eigenvalue weighted by molar-refractivity contribution is 0.0443. The standard InChI is InChI=1S/C7H12O/c1-5(2)6-3-4-7(6)8/h6-8H,1,3-4H2,2H3/t6-,7+/m0/s1. The number of aliphatic hydroxyl groups is 1. The molecule has 1 fully saturated rings. The summed E-state index contributed by atoms with van der Waals surface area (Å²) in [6.07, 6.45) is 2.03. The highest BCUT2D eigenvalue weighted by Gasteiger charge is 2.28. The molecule has 1 aliphatic carbocycles. The Balaban J connectivity index is 2.37. The molecule has 1 saturated carbocycles. The molecule has 8 heavy (non-hydrogen) atoms. The summed E-state index contributed by atoms with van der Waals surface area (Å²) in [5.41, 5.74) is 1.13. The molecule has 0 amide bonds. The SMILES string of the molecule is C=C(C)[C@@H]1CC[C@H]1O. The van der Waals surface area contributed by atoms with Crippen molar-refractivity contribution in [2.24, 2.45) is 5.92 Å². The number of hydrogen-bond donors (Lipinski definition) is 1. The molecular weight excluding hydrogens is 100 g/mol. The largest absolute Gasteiger partial charge is 0.393 e. The minimum absolute atomic E-state index is 0.0764. The van der Waals surface area contributed by atoms with Crippen molar-refractivity contribution in [3.63, 3.8) is 0 Å². The summed E-state index contributed by atoms with van der Waals surface area (Å²) in [4.78, 5) is 0. The van der Waals surface area contributed by atoms with Gasteiger partial charge in [-0.25, -0.2) is 0 Å². The van der Waals surface area contributed by atoms with Crippen LogP contribution < -0.4 is 0 Å². The lowest BCUT2D eigenvalue weighted by atomic mass is 9.78. The summed E-state index contributed by atoms with van der Waals surface area (Å²) in [5, 5.41) is 9.02. The van der Waals surface area contributed by atoms with Crippen LogP contribution in [0.2, 0.25) is 0 Å². The Morgan fingerprint density at radius 2 is 2.25 bits per heavy atom. The average molecular weight is 112 g/mol. The molecule has 0 saturated heterocycles. The lowest BCUT2D eigenvalue weighted by Gasteiger charge is -2.32. The van der Waals surface area contributed by atoms with Crippen LogP contribution >= 0.6 is 0 Å². The van der Waals surface area contributed by atoms with E-state index in [-0.39, 0.29) is 6.10 Å². The fraction of sp³-hybridized carbons (Fsp3) is 0.714. The van der Waals surface area contributed by atoms with Crippen molar-refractivity contribution in [3.05, 3.63) is 12.2 Å². The molecule has 1 N–H and O–H groups in total. The normalized spacial score (nSPS) is 36.2. The first-order valence-electron chi connectivity index (χ1n) is 3.05. The van der Waals surface area contributed by atoms with E-state index in [0.717, 1.165) is 18.4 Å². The molecule has 1 nitrogen and oxygen atoms in total. The summed E-state index contributed by atoms with van der Waals surface area (Å²) >= 11 is 0. The van der Waals surface area contributed by atoms with E-state index in [0.29, 0.717) is 5.92 Å². The van der Waals surface area contributed by atoms with Crippen LogP contribution in [0, 0.1) is 5.92 Å². The van der Waals surface area contributed by atoms with Gasteiger partial charge in [-0.3, -0.25) is 0 Å². The minimum Gasteiger partial charge on any atom is -0.393 e. The number of hydrogen-bond acceptors (Lipinski definition) is 1. The first-order valence-corrected chi connectivity index (χ1v) is 3.05. The summed E-state index contributed by atoms with van der Waals surface area (Å²) in [6.45, 7) is 5.75. The summed E-state index contributed by atoms with van der Waals surface area (Å²) < 4.78 is 0. The van der Waals surface area contributed by atoms with Crippen LogP contribution in [0.15, 0.2) is 12.2 Å². The van der Waals surface area contributed by atoms with Gasteiger partial charge in [0, 0.05) is 5.92 Å². The second-order valence-electron chi connectivity index (χ2n) is 2.60. The Morgan fingerprint density at radius 3 is 2.25 bits per heavy atom. The predicted molar refractivity (Wildman–Crippen MR) is 33.5 cm³/mol. The predicted octanol–water partition coefficient (Wildman–Crippen LogP) is 1.33. The monoisotopic (exact) mass is 112 g/mol. The molecule has 46 valence electrons. The van der Waals surface area contributed by atoms with Crippen LogP contribution in [-0.4, -0.2) is 11.2 Å². The topological polar surface area (TPSA) is 20.2 Å². The van der Waals surface area contributed by atoms with Gasteiger partial charge >= 0.3 is 0 Å². The van der Waals surface area contributed by atoms with Gasteiger partial charge < -0.3 is 5.11 Å². The molecule has 0 radical (unpaired) electrons. The van der Waals surface area contributed by atoms with E-state index < -0.39 is 0 Å². The van der Waals surface area contributed by atoms with Gasteiger partial charge in [-0.1, -0.05) is 12.2 Å². The fourth-order valence-electron chi connectivity index (χ4n) is 1.06. The van der Waals surface area contributed by atoms with Crippen LogP contribution in [0.1, 0.15) is 19.8 Å². The molecule has 0 aliphatic heterocycles. The molecular formula is C7H12O. The third-order valence-electron chi connectivity index (χ3n) is 1.87. The fourth-order valence-corrected chi connectivity index (χ4v) is 1.06. The first kappa shape index (κ1) is 5.83. The molecule has 0 unspecified atom stereocenters. The van der Waals surface area contributed by atoms with Gasteiger partial charge in [-0.05, 0) is 19.8 Å². The quantitative estimate of drug-likeness (QED) is 0.507. The van der Waals surface area contributed by atoms with E-state index in [1.54, 1.807) is 0 Å². The second kappa shape index (κ2) is 1.90. The zero-order valence-electron chi connectivity index (χ0n) is 5.22. The molecule has 1 rings (SSSR count). The smallest absolute Gasteiger partial charge is 0.0605 e. The molecule has 0 aromatic heterocycles. The molecule has 2 atom stereocenters. The highest BCUT2D eigenvalue weighted by molar-refractivity contribution is 5.04. The van der Waals surface area contributed by atoms with E-state index in [4.69, 9.17) is 5.11 Å². The Hall–Kier alpha value is -0.300. The van der Waals surface area contributed by atoms with Crippen molar-refractivity contribution in [1.29, 1.82) is 0 Å². The Labute approximate surface area is 50.0 Å². The van der Waals surface area contributed by atoms with Crippen molar-refractivity contribution in [2.45, 2.75) is 25.9 Å². The van der Waals surface area contributed by atoms with Gasteiger partial charge in [0.05, 0.1) is 6.10 Å². The molecule has 1 aliphatic rings. The Kier molecular flexibility index (Phi) is 1.39. The van der Waals surface area contributed by atoms with E-state index in [1.807, 2.05) is 6.92 Å². The summed E-state index contributed by atoms with van der Waals surface area (Å²) in [5.74, 6) is 0.412. The zero-order valence-corrected chi connectivity index (χ0v) is 5.22. The molecule has 1 heteroatoms.